The number of nitrogens with two attached hydrogens (primary N) is 1. The summed E-state index contributed by atoms with van der Waals surface area (Å²) in [6.45, 7) is 0. The highest BCUT2D eigenvalue weighted by Crippen LogP contribution is 2.40. The predicted octanol–water partition coefficient (Wildman–Crippen LogP) is 4.02. The summed E-state index contributed by atoms with van der Waals surface area (Å²) in [5.41, 5.74) is 2.57. The molecule has 164 valence electrons. The molecular weight excluding hydrogens is 416 g/mol. The van der Waals surface area contributed by atoms with Crippen LogP contribution >= 0.6 is 11.9 Å². The highest BCUT2D eigenvalue weighted by molar-refractivity contribution is 7.97. The largest absolute Gasteiger partial charge is 0.493 e. The van der Waals surface area contributed by atoms with Crippen LogP contribution in [0.25, 0.3) is 0 Å². The molecule has 0 amide bonds. The number of anilines is 5. The van der Waals surface area contributed by atoms with Gasteiger partial charge in [-0.15, -0.1) is 0 Å². The SMILES string of the molecule is COc1cc(Nc2nccc(Nc3cccc(N(C)C)c3SN)n2)cc(OC)c1OC. The third kappa shape index (κ3) is 5.04. The molecule has 0 atom stereocenters. The number of benzene rings is 2. The van der Waals surface area contributed by atoms with Crippen molar-refractivity contribution in [3.8, 4) is 17.2 Å². The standard InChI is InChI=1S/C21H26N6O3S/c1-27(2)15-8-6-7-14(20(15)31-22)25-18-9-10-23-21(26-18)24-13-11-16(28-3)19(30-5)17(12-13)29-4/h6-12H,22H2,1-5H3,(H2,23,24,25,26). The van der Waals surface area contributed by atoms with Gasteiger partial charge in [-0.1, -0.05) is 6.07 Å². The highest BCUT2D eigenvalue weighted by atomic mass is 32.2. The number of nitrogens with zero attached hydrogens (tertiary/aromatic N) is 3. The molecule has 10 heteroatoms. The minimum Gasteiger partial charge on any atom is -0.493 e. The lowest BCUT2D eigenvalue weighted by atomic mass is 10.2. The quantitative estimate of drug-likeness (QED) is 0.421. The fraction of sp³-hybridized carbons (Fsp3) is 0.238. The molecule has 0 aliphatic rings. The van der Waals surface area contributed by atoms with Crippen molar-refractivity contribution in [1.82, 2.24) is 9.97 Å². The molecule has 0 unspecified atom stereocenters. The van der Waals surface area contributed by atoms with Crippen LogP contribution in [0.1, 0.15) is 0 Å². The average molecular weight is 443 g/mol. The molecule has 31 heavy (non-hydrogen) atoms. The molecule has 4 N–H and O–H groups in total. The molecule has 0 fully saturated rings. The molecule has 2 aromatic carbocycles. The van der Waals surface area contributed by atoms with E-state index in [1.54, 1.807) is 45.7 Å². The number of methoxy groups -OCH3 is 3. The molecule has 1 aromatic heterocycles. The van der Waals surface area contributed by atoms with E-state index in [0.29, 0.717) is 34.7 Å². The summed E-state index contributed by atoms with van der Waals surface area (Å²) in [7, 11) is 8.64. The second kappa shape index (κ2) is 10.1. The Kier molecular flexibility index (Phi) is 7.27. The van der Waals surface area contributed by atoms with Gasteiger partial charge < -0.3 is 29.7 Å². The minimum absolute atomic E-state index is 0.407. The summed E-state index contributed by atoms with van der Waals surface area (Å²) in [6, 6.07) is 11.3. The zero-order valence-corrected chi connectivity index (χ0v) is 18.9. The molecule has 0 bridgehead atoms. The predicted molar refractivity (Wildman–Crippen MR) is 126 cm³/mol. The Balaban J connectivity index is 1.88. The third-order valence-electron chi connectivity index (χ3n) is 4.43. The Labute approximate surface area is 186 Å². The van der Waals surface area contributed by atoms with Crippen molar-refractivity contribution in [3.05, 3.63) is 42.6 Å². The Hall–Kier alpha value is -3.37. The van der Waals surface area contributed by atoms with E-state index in [9.17, 15) is 0 Å². The van der Waals surface area contributed by atoms with Crippen LogP contribution in [-0.2, 0) is 0 Å². The Bertz CT molecular complexity index is 1020. The zero-order chi connectivity index (χ0) is 22.4. The van der Waals surface area contributed by atoms with Gasteiger partial charge >= 0.3 is 0 Å². The van der Waals surface area contributed by atoms with Crippen LogP contribution < -0.4 is 34.9 Å². The van der Waals surface area contributed by atoms with Gasteiger partial charge in [-0.25, -0.2) is 4.98 Å². The number of hydrogen-bond donors (Lipinski definition) is 3. The lowest BCUT2D eigenvalue weighted by Gasteiger charge is -2.19. The van der Waals surface area contributed by atoms with Gasteiger partial charge in [0.25, 0.3) is 0 Å². The van der Waals surface area contributed by atoms with Crippen molar-refractivity contribution in [2.24, 2.45) is 5.14 Å². The van der Waals surface area contributed by atoms with Crippen molar-refractivity contribution in [2.45, 2.75) is 4.90 Å². The molecule has 3 aromatic rings. The average Bonchev–Trinajstić information content (AvgIpc) is 2.78. The monoisotopic (exact) mass is 442 g/mol. The lowest BCUT2D eigenvalue weighted by Crippen LogP contribution is -2.11. The number of ether oxygens (including phenoxy) is 3. The van der Waals surface area contributed by atoms with Crippen LogP contribution in [0.3, 0.4) is 0 Å². The van der Waals surface area contributed by atoms with Gasteiger partial charge in [0.15, 0.2) is 11.5 Å². The number of nitrogens with one attached hydrogen (secondary N) is 2. The van der Waals surface area contributed by atoms with E-state index < -0.39 is 0 Å². The van der Waals surface area contributed by atoms with Crippen molar-refractivity contribution < 1.29 is 14.2 Å². The van der Waals surface area contributed by atoms with E-state index in [4.69, 9.17) is 19.3 Å². The van der Waals surface area contributed by atoms with Crippen LogP contribution in [0.5, 0.6) is 17.2 Å². The van der Waals surface area contributed by atoms with Gasteiger partial charge in [-0.3, -0.25) is 5.14 Å². The van der Waals surface area contributed by atoms with Crippen LogP contribution in [-0.4, -0.2) is 45.4 Å². The van der Waals surface area contributed by atoms with Gasteiger partial charge in [-0.05, 0) is 30.1 Å². The van der Waals surface area contributed by atoms with Crippen molar-refractivity contribution in [2.75, 3.05) is 51.0 Å². The maximum absolute atomic E-state index is 5.92. The van der Waals surface area contributed by atoms with E-state index >= 15 is 0 Å². The summed E-state index contributed by atoms with van der Waals surface area (Å²) in [5.74, 6) is 2.60. The number of rotatable bonds is 9. The summed E-state index contributed by atoms with van der Waals surface area (Å²) in [4.78, 5) is 11.8. The third-order valence-corrected chi connectivity index (χ3v) is 5.10. The fourth-order valence-corrected chi connectivity index (χ4v) is 3.63. The number of hydrogen-bond acceptors (Lipinski definition) is 10. The molecule has 0 saturated carbocycles. The topological polar surface area (TPSA) is 107 Å². The molecular formula is C21H26N6O3S. The van der Waals surface area contributed by atoms with Gasteiger partial charge in [-0.2, -0.15) is 4.98 Å². The Morgan fingerprint density at radius 3 is 2.26 bits per heavy atom. The molecule has 0 aliphatic heterocycles. The second-order valence-corrected chi connectivity index (χ2v) is 7.24. The molecule has 0 saturated heterocycles. The minimum atomic E-state index is 0.407. The van der Waals surface area contributed by atoms with Crippen LogP contribution in [0.15, 0.2) is 47.5 Å². The number of aromatic nitrogens is 2. The molecule has 0 radical (unpaired) electrons. The molecule has 0 spiro atoms. The first-order chi connectivity index (χ1) is 15.0. The molecule has 0 aliphatic carbocycles. The van der Waals surface area contributed by atoms with Crippen LogP contribution in [0.2, 0.25) is 0 Å². The second-order valence-electron chi connectivity index (χ2n) is 6.60. The molecule has 1 heterocycles. The zero-order valence-electron chi connectivity index (χ0n) is 18.1. The summed E-state index contributed by atoms with van der Waals surface area (Å²) in [5, 5.41) is 12.4. The first kappa shape index (κ1) is 22.3. The first-order valence-corrected chi connectivity index (χ1v) is 10.2. The van der Waals surface area contributed by atoms with Gasteiger partial charge in [0.05, 0.1) is 37.6 Å². The normalized spacial score (nSPS) is 10.4. The first-order valence-electron chi connectivity index (χ1n) is 9.34. The van der Waals surface area contributed by atoms with Crippen molar-refractivity contribution >= 4 is 40.8 Å². The van der Waals surface area contributed by atoms with E-state index in [2.05, 4.69) is 20.6 Å². The van der Waals surface area contributed by atoms with Crippen molar-refractivity contribution in [3.63, 3.8) is 0 Å². The van der Waals surface area contributed by atoms with E-state index in [1.165, 1.54) is 11.9 Å². The Morgan fingerprint density at radius 2 is 1.68 bits per heavy atom. The van der Waals surface area contributed by atoms with Crippen molar-refractivity contribution in [1.29, 1.82) is 0 Å². The summed E-state index contributed by atoms with van der Waals surface area (Å²) in [6.07, 6.45) is 1.67. The lowest BCUT2D eigenvalue weighted by molar-refractivity contribution is 0.324. The summed E-state index contributed by atoms with van der Waals surface area (Å²) < 4.78 is 16.2. The maximum atomic E-state index is 5.92. The van der Waals surface area contributed by atoms with Gasteiger partial charge in [0.2, 0.25) is 11.7 Å². The smallest absolute Gasteiger partial charge is 0.229 e. The molecule has 9 nitrogen and oxygen atoms in total. The molecule has 3 rings (SSSR count). The Morgan fingerprint density at radius 1 is 0.968 bits per heavy atom. The van der Waals surface area contributed by atoms with E-state index in [-0.39, 0.29) is 0 Å². The van der Waals surface area contributed by atoms with Gasteiger partial charge in [0.1, 0.15) is 5.82 Å². The van der Waals surface area contributed by atoms with E-state index in [0.717, 1.165) is 16.3 Å². The highest BCUT2D eigenvalue weighted by Gasteiger charge is 2.14. The van der Waals surface area contributed by atoms with Gasteiger partial charge in [0, 0.05) is 38.1 Å². The van der Waals surface area contributed by atoms with E-state index in [1.807, 2.05) is 37.2 Å². The summed E-state index contributed by atoms with van der Waals surface area (Å²) >= 11 is 1.19. The van der Waals surface area contributed by atoms with Crippen LogP contribution in [0, 0.1) is 0 Å². The van der Waals surface area contributed by atoms with Crippen LogP contribution in [0.4, 0.5) is 28.8 Å². The fourth-order valence-electron chi connectivity index (χ4n) is 3.01. The maximum Gasteiger partial charge on any atom is 0.229 e.